The van der Waals surface area contributed by atoms with E-state index in [1.54, 1.807) is 0 Å². The molecule has 1 amide bonds. The van der Waals surface area contributed by atoms with Crippen molar-refractivity contribution in [3.05, 3.63) is 28.8 Å². The Bertz CT molecular complexity index is 863. The fourth-order valence-corrected chi connectivity index (χ4v) is 5.57. The predicted molar refractivity (Wildman–Crippen MR) is 108 cm³/mol. The number of piperidine rings is 1. The topological polar surface area (TPSA) is 87.2 Å². The number of carbonyl (C=O) groups excluding carboxylic acids is 2. The van der Waals surface area contributed by atoms with Gasteiger partial charge in [0, 0.05) is 39.3 Å². The Kier molecular flexibility index (Phi) is 7.15. The zero-order valence-electron chi connectivity index (χ0n) is 16.5. The third-order valence-corrected chi connectivity index (χ3v) is 7.75. The number of methoxy groups -OCH3 is 1. The molecule has 2 aliphatic rings. The second-order valence-electron chi connectivity index (χ2n) is 7.26. The number of halogens is 1. The monoisotopic (exact) mass is 443 g/mol. The van der Waals surface area contributed by atoms with E-state index < -0.39 is 16.0 Å². The summed E-state index contributed by atoms with van der Waals surface area (Å²) >= 11 is 6.11. The molecule has 3 rings (SSSR count). The Labute approximate surface area is 176 Å². The van der Waals surface area contributed by atoms with Crippen molar-refractivity contribution in [1.82, 2.24) is 14.1 Å². The van der Waals surface area contributed by atoms with Gasteiger partial charge in [-0.05, 0) is 37.5 Å². The van der Waals surface area contributed by atoms with E-state index in [1.807, 2.05) is 9.80 Å². The molecule has 0 atom stereocenters. The van der Waals surface area contributed by atoms with Crippen LogP contribution < -0.4 is 0 Å². The summed E-state index contributed by atoms with van der Waals surface area (Å²) in [5.74, 6) is -0.519. The number of hydrogen-bond acceptors (Lipinski definition) is 6. The third kappa shape index (κ3) is 5.09. The van der Waals surface area contributed by atoms with Crippen LogP contribution in [-0.4, -0.2) is 87.3 Å². The van der Waals surface area contributed by atoms with Crippen molar-refractivity contribution in [3.8, 4) is 0 Å². The molecule has 0 aromatic heterocycles. The van der Waals surface area contributed by atoms with Crippen molar-refractivity contribution in [1.29, 1.82) is 0 Å². The number of esters is 1. The van der Waals surface area contributed by atoms with Crippen LogP contribution in [0.4, 0.5) is 0 Å². The Morgan fingerprint density at radius 2 is 1.69 bits per heavy atom. The van der Waals surface area contributed by atoms with E-state index >= 15 is 0 Å². The molecule has 29 heavy (non-hydrogen) atoms. The number of rotatable bonds is 5. The van der Waals surface area contributed by atoms with Gasteiger partial charge in [-0.2, -0.15) is 4.31 Å². The number of piperazine rings is 1. The van der Waals surface area contributed by atoms with Crippen LogP contribution in [0.15, 0.2) is 23.1 Å². The van der Waals surface area contributed by atoms with Gasteiger partial charge in [0.15, 0.2) is 0 Å². The quantitative estimate of drug-likeness (QED) is 0.640. The maximum Gasteiger partial charge on any atom is 0.337 e. The third-order valence-electron chi connectivity index (χ3n) is 5.37. The maximum absolute atomic E-state index is 13.0. The molecule has 8 nitrogen and oxygen atoms in total. The molecule has 0 unspecified atom stereocenters. The minimum absolute atomic E-state index is 0.0559. The number of amides is 1. The summed E-state index contributed by atoms with van der Waals surface area (Å²) < 4.78 is 32.1. The molecule has 0 radical (unpaired) electrons. The largest absolute Gasteiger partial charge is 0.465 e. The van der Waals surface area contributed by atoms with Gasteiger partial charge in [0.05, 0.1) is 24.2 Å². The minimum atomic E-state index is -3.86. The lowest BCUT2D eigenvalue weighted by Crippen LogP contribution is -2.52. The van der Waals surface area contributed by atoms with Crippen LogP contribution in [0.5, 0.6) is 0 Å². The molecule has 2 aliphatic heterocycles. The second-order valence-corrected chi connectivity index (χ2v) is 9.57. The normalized spacial score (nSPS) is 19.2. The number of nitrogens with zero attached hydrogens (tertiary/aromatic N) is 3. The second kappa shape index (κ2) is 9.42. The van der Waals surface area contributed by atoms with Crippen LogP contribution in [0.25, 0.3) is 0 Å². The molecular weight excluding hydrogens is 418 g/mol. The summed E-state index contributed by atoms with van der Waals surface area (Å²) in [6.07, 6.45) is 3.26. The van der Waals surface area contributed by atoms with Crippen molar-refractivity contribution in [2.45, 2.75) is 24.2 Å². The van der Waals surface area contributed by atoms with Gasteiger partial charge in [-0.15, -0.1) is 0 Å². The van der Waals surface area contributed by atoms with Gasteiger partial charge in [0.1, 0.15) is 4.90 Å². The van der Waals surface area contributed by atoms with E-state index in [-0.39, 0.29) is 34.5 Å². The molecule has 0 spiro atoms. The molecule has 2 fully saturated rings. The first-order chi connectivity index (χ1) is 13.8. The zero-order valence-corrected chi connectivity index (χ0v) is 18.0. The molecule has 2 saturated heterocycles. The SMILES string of the molecule is COC(=O)c1ccc(Cl)c(S(=O)(=O)N2CCN(CC(=O)N3CCCCC3)CC2)c1. The lowest BCUT2D eigenvalue weighted by atomic mass is 10.1. The Balaban J connectivity index is 1.64. The van der Waals surface area contributed by atoms with Crippen molar-refractivity contribution in [2.75, 3.05) is 52.9 Å². The fourth-order valence-electron chi connectivity index (χ4n) is 3.65. The van der Waals surface area contributed by atoms with Crippen LogP contribution in [0.1, 0.15) is 29.6 Å². The summed E-state index contributed by atoms with van der Waals surface area (Å²) in [4.78, 5) is 27.9. The first-order valence-electron chi connectivity index (χ1n) is 9.71. The summed E-state index contributed by atoms with van der Waals surface area (Å²) in [7, 11) is -2.63. The first kappa shape index (κ1) is 22.0. The van der Waals surface area contributed by atoms with E-state index in [4.69, 9.17) is 11.6 Å². The number of hydrogen-bond donors (Lipinski definition) is 0. The number of likely N-dealkylation sites (tertiary alicyclic amines) is 1. The summed E-state index contributed by atoms with van der Waals surface area (Å²) in [5, 5.41) is 0.0559. The standard InChI is InChI=1S/C19H26ClN3O5S/c1-28-19(25)15-5-6-16(20)17(13-15)29(26,27)23-11-9-21(10-12-23)14-18(24)22-7-3-2-4-8-22/h5-6,13H,2-4,7-12,14H2,1H3. The number of ether oxygens (including phenoxy) is 1. The molecule has 1 aromatic rings. The van der Waals surface area contributed by atoms with Gasteiger partial charge >= 0.3 is 5.97 Å². The summed E-state index contributed by atoms with van der Waals surface area (Å²) in [6, 6.07) is 4.06. The van der Waals surface area contributed by atoms with Crippen molar-refractivity contribution < 1.29 is 22.7 Å². The van der Waals surface area contributed by atoms with Crippen molar-refractivity contribution in [2.24, 2.45) is 0 Å². The van der Waals surface area contributed by atoms with E-state index in [9.17, 15) is 18.0 Å². The molecule has 1 aromatic carbocycles. The zero-order chi connectivity index (χ0) is 21.0. The van der Waals surface area contributed by atoms with Gasteiger partial charge in [-0.25, -0.2) is 13.2 Å². The van der Waals surface area contributed by atoms with Gasteiger partial charge in [0.25, 0.3) is 0 Å². The van der Waals surface area contributed by atoms with E-state index in [0.717, 1.165) is 25.9 Å². The molecule has 10 heteroatoms. The van der Waals surface area contributed by atoms with Gasteiger partial charge in [0.2, 0.25) is 15.9 Å². The maximum atomic E-state index is 13.0. The lowest BCUT2D eigenvalue weighted by molar-refractivity contribution is -0.133. The molecule has 0 saturated carbocycles. The van der Waals surface area contributed by atoms with Crippen LogP contribution in [0.2, 0.25) is 5.02 Å². The van der Waals surface area contributed by atoms with E-state index in [1.165, 1.54) is 36.0 Å². The van der Waals surface area contributed by atoms with Crippen molar-refractivity contribution in [3.63, 3.8) is 0 Å². The highest BCUT2D eigenvalue weighted by Crippen LogP contribution is 2.27. The smallest absolute Gasteiger partial charge is 0.337 e. The highest BCUT2D eigenvalue weighted by atomic mass is 35.5. The molecule has 0 aliphatic carbocycles. The van der Waals surface area contributed by atoms with Crippen LogP contribution in [-0.2, 0) is 19.6 Å². The number of sulfonamides is 1. The number of benzene rings is 1. The molecule has 160 valence electrons. The first-order valence-corrected chi connectivity index (χ1v) is 11.5. The summed E-state index contributed by atoms with van der Waals surface area (Å²) in [6.45, 7) is 3.37. The highest BCUT2D eigenvalue weighted by Gasteiger charge is 2.32. The molecular formula is C19H26ClN3O5S. The van der Waals surface area contributed by atoms with Crippen LogP contribution in [0.3, 0.4) is 0 Å². The molecule has 2 heterocycles. The summed E-state index contributed by atoms with van der Waals surface area (Å²) in [5.41, 5.74) is 0.126. The van der Waals surface area contributed by atoms with Crippen LogP contribution >= 0.6 is 11.6 Å². The Morgan fingerprint density at radius 3 is 2.31 bits per heavy atom. The molecule has 0 bridgehead atoms. The van der Waals surface area contributed by atoms with Gasteiger partial charge < -0.3 is 9.64 Å². The van der Waals surface area contributed by atoms with E-state index in [2.05, 4.69) is 4.74 Å². The lowest BCUT2D eigenvalue weighted by Gasteiger charge is -2.35. The average Bonchev–Trinajstić information content (AvgIpc) is 2.74. The van der Waals surface area contributed by atoms with Crippen molar-refractivity contribution >= 4 is 33.5 Å². The van der Waals surface area contributed by atoms with E-state index in [0.29, 0.717) is 19.6 Å². The average molecular weight is 444 g/mol. The van der Waals surface area contributed by atoms with Gasteiger partial charge in [-0.1, -0.05) is 11.6 Å². The Morgan fingerprint density at radius 1 is 1.03 bits per heavy atom. The Hall–Kier alpha value is -1.68. The predicted octanol–water partition coefficient (Wildman–Crippen LogP) is 1.45. The molecule has 0 N–H and O–H groups in total. The highest BCUT2D eigenvalue weighted by molar-refractivity contribution is 7.89. The van der Waals surface area contributed by atoms with Gasteiger partial charge in [-0.3, -0.25) is 9.69 Å². The number of carbonyl (C=O) groups is 2. The van der Waals surface area contributed by atoms with Crippen LogP contribution in [0, 0.1) is 0 Å². The minimum Gasteiger partial charge on any atom is -0.465 e. The fraction of sp³-hybridized carbons (Fsp3) is 0.579.